The minimum Gasteiger partial charge on any atom is -0.493 e. The number of hydrogen-bond acceptors (Lipinski definition) is 5. The zero-order valence-electron chi connectivity index (χ0n) is 18.0. The number of aliphatic carboxylic acids is 1. The summed E-state index contributed by atoms with van der Waals surface area (Å²) >= 11 is 0. The number of benzene rings is 2. The molecule has 1 fully saturated rings. The van der Waals surface area contributed by atoms with Gasteiger partial charge < -0.3 is 14.6 Å². The first-order valence-corrected chi connectivity index (χ1v) is 10.5. The van der Waals surface area contributed by atoms with Crippen molar-refractivity contribution >= 4 is 17.5 Å². The predicted molar refractivity (Wildman–Crippen MR) is 116 cm³/mol. The van der Waals surface area contributed by atoms with Crippen molar-refractivity contribution < 1.29 is 29.0 Å². The van der Waals surface area contributed by atoms with Crippen LogP contribution in [0.5, 0.6) is 11.5 Å². The molecular weight excluding hydrogens is 396 g/mol. The SMILES string of the molecule is COc1ccc(C(=O)CC2(C(=O)O)CCC(=O)CC2)cc1OCCc1cccc(C)c1. The monoisotopic (exact) mass is 424 g/mol. The molecule has 3 rings (SSSR count). The van der Waals surface area contributed by atoms with E-state index in [2.05, 4.69) is 6.07 Å². The second-order valence-electron chi connectivity index (χ2n) is 8.18. The van der Waals surface area contributed by atoms with E-state index in [9.17, 15) is 19.5 Å². The first-order valence-electron chi connectivity index (χ1n) is 10.5. The molecule has 6 nitrogen and oxygen atoms in total. The van der Waals surface area contributed by atoms with E-state index in [0.717, 1.165) is 5.56 Å². The third-order valence-electron chi connectivity index (χ3n) is 5.93. The standard InChI is InChI=1S/C25H28O6/c1-17-4-3-5-18(14-17)10-13-31-23-15-19(6-7-22(23)30-2)21(27)16-25(24(28)29)11-8-20(26)9-12-25/h3-7,14-15H,8-13,16H2,1-2H3,(H,28,29). The molecule has 1 aliphatic rings. The molecular formula is C25H28O6. The molecule has 0 aromatic heterocycles. The quantitative estimate of drug-likeness (QED) is 0.600. The molecule has 0 spiro atoms. The van der Waals surface area contributed by atoms with Crippen LogP contribution in [-0.2, 0) is 16.0 Å². The fraction of sp³-hybridized carbons (Fsp3) is 0.400. The van der Waals surface area contributed by atoms with Crippen molar-refractivity contribution in [3.63, 3.8) is 0 Å². The number of carbonyl (C=O) groups excluding carboxylic acids is 2. The van der Waals surface area contributed by atoms with Crippen molar-refractivity contribution in [3.05, 3.63) is 59.2 Å². The lowest BCUT2D eigenvalue weighted by Crippen LogP contribution is -2.37. The Morgan fingerprint density at radius 1 is 1.06 bits per heavy atom. The summed E-state index contributed by atoms with van der Waals surface area (Å²) in [5, 5.41) is 9.74. The van der Waals surface area contributed by atoms with Gasteiger partial charge in [0.25, 0.3) is 0 Å². The van der Waals surface area contributed by atoms with Gasteiger partial charge in [-0.25, -0.2) is 0 Å². The molecule has 0 heterocycles. The maximum absolute atomic E-state index is 12.9. The third kappa shape index (κ3) is 5.51. The third-order valence-corrected chi connectivity index (χ3v) is 5.93. The zero-order chi connectivity index (χ0) is 22.4. The molecule has 0 atom stereocenters. The molecule has 6 heteroatoms. The fourth-order valence-corrected chi connectivity index (χ4v) is 3.99. The number of carboxylic acids is 1. The highest BCUT2D eigenvalue weighted by molar-refractivity contribution is 6.00. The number of carboxylic acid groups (broad SMARTS) is 1. The van der Waals surface area contributed by atoms with E-state index in [-0.39, 0.29) is 43.7 Å². The molecule has 1 aliphatic carbocycles. The molecule has 1 N–H and O–H groups in total. The van der Waals surface area contributed by atoms with Gasteiger partial charge in [0.2, 0.25) is 0 Å². The second kappa shape index (κ2) is 9.77. The Labute approximate surface area is 182 Å². The molecule has 164 valence electrons. The first-order chi connectivity index (χ1) is 14.8. The van der Waals surface area contributed by atoms with Crippen molar-refractivity contribution in [2.24, 2.45) is 5.41 Å². The topological polar surface area (TPSA) is 89.9 Å². The summed E-state index contributed by atoms with van der Waals surface area (Å²) in [6.45, 7) is 2.45. The van der Waals surface area contributed by atoms with Crippen LogP contribution >= 0.6 is 0 Å². The normalized spacial score (nSPS) is 15.4. The zero-order valence-corrected chi connectivity index (χ0v) is 18.0. The summed E-state index contributed by atoms with van der Waals surface area (Å²) in [5.74, 6) is -0.279. The summed E-state index contributed by atoms with van der Waals surface area (Å²) < 4.78 is 11.3. The summed E-state index contributed by atoms with van der Waals surface area (Å²) in [6.07, 6.45) is 1.38. The first kappa shape index (κ1) is 22.5. The van der Waals surface area contributed by atoms with E-state index in [1.807, 2.05) is 25.1 Å². The lowest BCUT2D eigenvalue weighted by atomic mass is 9.70. The van der Waals surface area contributed by atoms with Crippen LogP contribution in [0.1, 0.15) is 53.6 Å². The molecule has 1 saturated carbocycles. The fourth-order valence-electron chi connectivity index (χ4n) is 3.99. The molecule has 0 amide bonds. The molecule has 0 radical (unpaired) electrons. The van der Waals surface area contributed by atoms with Crippen molar-refractivity contribution in [2.45, 2.75) is 45.4 Å². The van der Waals surface area contributed by atoms with Crippen molar-refractivity contribution in [3.8, 4) is 11.5 Å². The number of ketones is 2. The Balaban J connectivity index is 1.72. The summed E-state index contributed by atoms with van der Waals surface area (Å²) in [6, 6.07) is 13.1. The van der Waals surface area contributed by atoms with Crippen LogP contribution < -0.4 is 9.47 Å². The van der Waals surface area contributed by atoms with Gasteiger partial charge in [-0.1, -0.05) is 29.8 Å². The number of carbonyl (C=O) groups is 3. The van der Waals surface area contributed by atoms with E-state index in [1.54, 1.807) is 18.2 Å². The average Bonchev–Trinajstić information content (AvgIpc) is 2.75. The lowest BCUT2D eigenvalue weighted by molar-refractivity contribution is -0.151. The number of Topliss-reactive ketones (excluding diaryl/α,β-unsaturated/α-hetero) is 2. The Hall–Kier alpha value is -3.15. The number of methoxy groups -OCH3 is 1. The predicted octanol–water partition coefficient (Wildman–Crippen LogP) is 4.41. The summed E-state index contributed by atoms with van der Waals surface area (Å²) in [5.41, 5.74) is 1.53. The van der Waals surface area contributed by atoms with Crippen LogP contribution in [0.25, 0.3) is 0 Å². The summed E-state index contributed by atoms with van der Waals surface area (Å²) in [7, 11) is 1.53. The van der Waals surface area contributed by atoms with Gasteiger partial charge in [-0.2, -0.15) is 0 Å². The highest BCUT2D eigenvalue weighted by Gasteiger charge is 2.43. The van der Waals surface area contributed by atoms with Crippen LogP contribution in [0.4, 0.5) is 0 Å². The molecule has 0 aliphatic heterocycles. The van der Waals surface area contributed by atoms with Crippen LogP contribution in [0, 0.1) is 12.3 Å². The van der Waals surface area contributed by atoms with Gasteiger partial charge in [-0.15, -0.1) is 0 Å². The number of hydrogen-bond donors (Lipinski definition) is 1. The van der Waals surface area contributed by atoms with E-state index < -0.39 is 11.4 Å². The number of ether oxygens (including phenoxy) is 2. The van der Waals surface area contributed by atoms with Crippen molar-refractivity contribution in [1.82, 2.24) is 0 Å². The molecule has 31 heavy (non-hydrogen) atoms. The smallest absolute Gasteiger partial charge is 0.310 e. The van der Waals surface area contributed by atoms with E-state index >= 15 is 0 Å². The molecule has 2 aromatic rings. The Morgan fingerprint density at radius 2 is 1.81 bits per heavy atom. The molecule has 2 aromatic carbocycles. The van der Waals surface area contributed by atoms with E-state index in [1.165, 1.54) is 12.7 Å². The van der Waals surface area contributed by atoms with Crippen LogP contribution in [0.2, 0.25) is 0 Å². The lowest BCUT2D eigenvalue weighted by Gasteiger charge is -2.31. The minimum absolute atomic E-state index is 0.0538. The number of aryl methyl sites for hydroxylation is 1. The number of rotatable bonds is 9. The molecule has 0 bridgehead atoms. The average molecular weight is 424 g/mol. The van der Waals surface area contributed by atoms with Gasteiger partial charge in [-0.05, 0) is 43.5 Å². The van der Waals surface area contributed by atoms with Gasteiger partial charge in [-0.3, -0.25) is 14.4 Å². The maximum atomic E-state index is 12.9. The van der Waals surface area contributed by atoms with Gasteiger partial charge in [0.1, 0.15) is 5.78 Å². The Morgan fingerprint density at radius 3 is 2.45 bits per heavy atom. The van der Waals surface area contributed by atoms with E-state index in [0.29, 0.717) is 30.1 Å². The minimum atomic E-state index is -1.18. The van der Waals surface area contributed by atoms with Gasteiger partial charge in [0, 0.05) is 31.2 Å². The van der Waals surface area contributed by atoms with Crippen molar-refractivity contribution in [1.29, 1.82) is 0 Å². The Kier molecular flexibility index (Phi) is 7.10. The van der Waals surface area contributed by atoms with Crippen LogP contribution in [-0.4, -0.2) is 36.4 Å². The highest BCUT2D eigenvalue weighted by Crippen LogP contribution is 2.40. The van der Waals surface area contributed by atoms with Gasteiger partial charge in [0.15, 0.2) is 17.3 Å². The van der Waals surface area contributed by atoms with E-state index in [4.69, 9.17) is 9.47 Å². The van der Waals surface area contributed by atoms with Crippen LogP contribution in [0.15, 0.2) is 42.5 Å². The second-order valence-corrected chi connectivity index (χ2v) is 8.18. The molecule has 0 unspecified atom stereocenters. The van der Waals surface area contributed by atoms with Crippen molar-refractivity contribution in [2.75, 3.05) is 13.7 Å². The van der Waals surface area contributed by atoms with Gasteiger partial charge in [0.05, 0.1) is 19.1 Å². The largest absolute Gasteiger partial charge is 0.493 e. The van der Waals surface area contributed by atoms with Crippen LogP contribution in [0.3, 0.4) is 0 Å². The molecule has 0 saturated heterocycles. The maximum Gasteiger partial charge on any atom is 0.310 e. The summed E-state index contributed by atoms with van der Waals surface area (Å²) in [4.78, 5) is 36.4. The Bertz CT molecular complexity index is 968. The van der Waals surface area contributed by atoms with Gasteiger partial charge >= 0.3 is 5.97 Å². The highest BCUT2D eigenvalue weighted by atomic mass is 16.5.